The number of aliphatic imine (C=N–C) groups is 1. The van der Waals surface area contributed by atoms with Gasteiger partial charge in [0.05, 0.1) is 0 Å². The summed E-state index contributed by atoms with van der Waals surface area (Å²) >= 11 is 0. The molecule has 1 atom stereocenters. The lowest BCUT2D eigenvalue weighted by Crippen LogP contribution is -2.62. The first-order chi connectivity index (χ1) is 11.5. The number of likely N-dealkylation sites (tertiary alicyclic amines) is 2. The van der Waals surface area contributed by atoms with E-state index in [0.717, 1.165) is 12.5 Å². The molecule has 25 heavy (non-hydrogen) atoms. The van der Waals surface area contributed by atoms with Crippen LogP contribution in [0.1, 0.15) is 52.9 Å². The maximum absolute atomic E-state index is 4.45. The Kier molecular flexibility index (Phi) is 10.0. The van der Waals surface area contributed by atoms with E-state index < -0.39 is 0 Å². The monoisotopic (exact) mass is 465 g/mol. The van der Waals surface area contributed by atoms with Gasteiger partial charge in [0.25, 0.3) is 0 Å². The van der Waals surface area contributed by atoms with Gasteiger partial charge in [0, 0.05) is 25.2 Å². The van der Waals surface area contributed by atoms with E-state index in [-0.39, 0.29) is 24.0 Å². The van der Waals surface area contributed by atoms with E-state index in [4.69, 9.17) is 0 Å². The Morgan fingerprint density at radius 3 is 2.16 bits per heavy atom. The number of halogens is 1. The van der Waals surface area contributed by atoms with E-state index >= 15 is 0 Å². The predicted octanol–water partition coefficient (Wildman–Crippen LogP) is 2.76. The van der Waals surface area contributed by atoms with Crippen molar-refractivity contribution >= 4 is 29.9 Å². The molecule has 0 aromatic heterocycles. The smallest absolute Gasteiger partial charge is 0.191 e. The quantitative estimate of drug-likeness (QED) is 0.372. The lowest BCUT2D eigenvalue weighted by molar-refractivity contribution is 0.0173. The third kappa shape index (κ3) is 6.54. The summed E-state index contributed by atoms with van der Waals surface area (Å²) < 4.78 is 0. The molecule has 0 bridgehead atoms. The zero-order valence-corrected chi connectivity index (χ0v) is 19.3. The third-order valence-electron chi connectivity index (χ3n) is 6.12. The van der Waals surface area contributed by atoms with Crippen LogP contribution < -0.4 is 10.6 Å². The van der Waals surface area contributed by atoms with E-state index in [1.807, 2.05) is 7.05 Å². The zero-order valence-electron chi connectivity index (χ0n) is 17.0. The van der Waals surface area contributed by atoms with Crippen LogP contribution >= 0.6 is 24.0 Å². The third-order valence-corrected chi connectivity index (χ3v) is 6.12. The van der Waals surface area contributed by atoms with Gasteiger partial charge >= 0.3 is 0 Å². The van der Waals surface area contributed by atoms with E-state index in [2.05, 4.69) is 53.2 Å². The predicted molar refractivity (Wildman–Crippen MR) is 119 cm³/mol. The molecular weight excluding hydrogens is 425 g/mol. The molecule has 1 unspecified atom stereocenters. The number of guanidine groups is 1. The average molecular weight is 465 g/mol. The molecule has 2 aliphatic heterocycles. The Hall–Kier alpha value is -0.0800. The second kappa shape index (κ2) is 10.9. The van der Waals surface area contributed by atoms with Crippen molar-refractivity contribution in [3.63, 3.8) is 0 Å². The number of piperidine rings is 2. The van der Waals surface area contributed by atoms with Gasteiger partial charge in [-0.3, -0.25) is 9.89 Å². The van der Waals surface area contributed by atoms with Crippen LogP contribution in [0.15, 0.2) is 4.99 Å². The number of nitrogens with zero attached hydrogens (tertiary/aromatic N) is 3. The van der Waals surface area contributed by atoms with Crippen LogP contribution in [0.25, 0.3) is 0 Å². The van der Waals surface area contributed by atoms with Crippen LogP contribution in [0.4, 0.5) is 0 Å². The van der Waals surface area contributed by atoms with Gasteiger partial charge in [0.2, 0.25) is 0 Å². The molecule has 2 fully saturated rings. The van der Waals surface area contributed by atoms with Gasteiger partial charge in [-0.1, -0.05) is 20.3 Å². The summed E-state index contributed by atoms with van der Waals surface area (Å²) in [7, 11) is 4.13. The molecule has 2 saturated heterocycles. The summed E-state index contributed by atoms with van der Waals surface area (Å²) in [5.41, 5.74) is 0.297. The Labute approximate surface area is 172 Å². The maximum Gasteiger partial charge on any atom is 0.191 e. The molecule has 2 heterocycles. The fourth-order valence-electron chi connectivity index (χ4n) is 3.83. The Morgan fingerprint density at radius 2 is 1.64 bits per heavy atom. The van der Waals surface area contributed by atoms with Crippen molar-refractivity contribution in [1.29, 1.82) is 0 Å². The second-order valence-electron chi connectivity index (χ2n) is 8.18. The molecule has 2 aliphatic rings. The largest absolute Gasteiger partial charge is 0.355 e. The Morgan fingerprint density at radius 1 is 1.04 bits per heavy atom. The van der Waals surface area contributed by atoms with Crippen LogP contribution in [0.2, 0.25) is 0 Å². The molecule has 0 amide bonds. The fraction of sp³-hybridized carbons (Fsp3) is 0.947. The first kappa shape index (κ1) is 23.0. The van der Waals surface area contributed by atoms with Gasteiger partial charge < -0.3 is 15.5 Å². The highest BCUT2D eigenvalue weighted by molar-refractivity contribution is 14.0. The van der Waals surface area contributed by atoms with E-state index in [0.29, 0.717) is 17.5 Å². The molecular formula is C19H40IN5. The number of nitrogens with one attached hydrogen (secondary N) is 2. The molecule has 0 saturated carbocycles. The van der Waals surface area contributed by atoms with Crippen molar-refractivity contribution in [3.05, 3.63) is 0 Å². The molecule has 0 spiro atoms. The SMILES string of the molecule is CN=C(NCC1(N2CCCCC2)CCN(C)CC1)NC(C)C(C)C.I. The van der Waals surface area contributed by atoms with Gasteiger partial charge in [-0.25, -0.2) is 0 Å². The van der Waals surface area contributed by atoms with E-state index in [1.165, 1.54) is 58.3 Å². The van der Waals surface area contributed by atoms with Crippen LogP contribution in [0, 0.1) is 5.92 Å². The maximum atomic E-state index is 4.45. The van der Waals surface area contributed by atoms with Crippen molar-refractivity contribution in [2.24, 2.45) is 10.9 Å². The number of rotatable bonds is 5. The summed E-state index contributed by atoms with van der Waals surface area (Å²) in [5.74, 6) is 1.55. The van der Waals surface area contributed by atoms with Crippen LogP contribution in [-0.2, 0) is 0 Å². The summed E-state index contributed by atoms with van der Waals surface area (Å²) in [4.78, 5) is 9.69. The Balaban J connectivity index is 0.00000312. The molecule has 0 aromatic rings. The van der Waals surface area contributed by atoms with Crippen molar-refractivity contribution < 1.29 is 0 Å². The molecule has 148 valence electrons. The van der Waals surface area contributed by atoms with Crippen LogP contribution in [-0.4, -0.2) is 74.2 Å². The highest BCUT2D eigenvalue weighted by atomic mass is 127. The minimum atomic E-state index is 0. The fourth-order valence-corrected chi connectivity index (χ4v) is 3.83. The zero-order chi connectivity index (χ0) is 17.6. The summed E-state index contributed by atoms with van der Waals surface area (Å²) in [6.07, 6.45) is 6.62. The van der Waals surface area contributed by atoms with E-state index in [1.54, 1.807) is 0 Å². The van der Waals surface area contributed by atoms with Crippen molar-refractivity contribution in [3.8, 4) is 0 Å². The van der Waals surface area contributed by atoms with Crippen LogP contribution in [0.3, 0.4) is 0 Å². The minimum Gasteiger partial charge on any atom is -0.355 e. The molecule has 2 N–H and O–H groups in total. The number of hydrogen-bond acceptors (Lipinski definition) is 3. The lowest BCUT2D eigenvalue weighted by atomic mass is 9.84. The summed E-state index contributed by atoms with van der Waals surface area (Å²) in [6.45, 7) is 12.7. The highest BCUT2D eigenvalue weighted by Crippen LogP contribution is 2.30. The molecule has 6 heteroatoms. The lowest BCUT2D eigenvalue weighted by Gasteiger charge is -2.50. The Bertz CT molecular complexity index is 399. The average Bonchev–Trinajstić information content (AvgIpc) is 2.60. The van der Waals surface area contributed by atoms with Gasteiger partial charge in [-0.2, -0.15) is 0 Å². The summed E-state index contributed by atoms with van der Waals surface area (Å²) in [5, 5.41) is 7.20. The normalized spacial score (nSPS) is 23.8. The molecule has 0 radical (unpaired) electrons. The molecule has 0 aromatic carbocycles. The standard InChI is InChI=1S/C19H39N5.HI/c1-16(2)17(3)22-18(20-4)21-15-19(9-13-23(5)14-10-19)24-11-7-6-8-12-24;/h16-17H,6-15H2,1-5H3,(H2,20,21,22);1H. The molecule has 0 aliphatic carbocycles. The van der Waals surface area contributed by atoms with Gasteiger partial charge in [0.15, 0.2) is 5.96 Å². The van der Waals surface area contributed by atoms with E-state index in [9.17, 15) is 0 Å². The molecule has 5 nitrogen and oxygen atoms in total. The summed E-state index contributed by atoms with van der Waals surface area (Å²) in [6, 6.07) is 0.430. The van der Waals surface area contributed by atoms with Crippen molar-refractivity contribution in [1.82, 2.24) is 20.4 Å². The minimum absolute atomic E-state index is 0. The van der Waals surface area contributed by atoms with Gasteiger partial charge in [-0.15, -0.1) is 24.0 Å². The first-order valence-corrected chi connectivity index (χ1v) is 9.87. The van der Waals surface area contributed by atoms with Crippen LogP contribution in [0.5, 0.6) is 0 Å². The first-order valence-electron chi connectivity index (χ1n) is 9.87. The topological polar surface area (TPSA) is 42.9 Å². The van der Waals surface area contributed by atoms with Gasteiger partial charge in [0.1, 0.15) is 0 Å². The van der Waals surface area contributed by atoms with Gasteiger partial charge in [-0.05, 0) is 71.8 Å². The van der Waals surface area contributed by atoms with Crippen molar-refractivity contribution in [2.75, 3.05) is 46.8 Å². The molecule has 2 rings (SSSR count). The number of hydrogen-bond donors (Lipinski definition) is 2. The highest BCUT2D eigenvalue weighted by Gasteiger charge is 2.39. The van der Waals surface area contributed by atoms with Crippen molar-refractivity contribution in [2.45, 2.75) is 64.5 Å². The second-order valence-corrected chi connectivity index (χ2v) is 8.18.